The summed E-state index contributed by atoms with van der Waals surface area (Å²) in [5, 5.41) is 0. The molecule has 0 radical (unpaired) electrons. The Labute approximate surface area is 79.5 Å². The van der Waals surface area contributed by atoms with Crippen LogP contribution in [0.5, 0.6) is 0 Å². The Morgan fingerprint density at radius 2 is 1.85 bits per heavy atom. The highest BCUT2D eigenvalue weighted by atomic mass is 16.5. The summed E-state index contributed by atoms with van der Waals surface area (Å²) in [7, 11) is 0. The lowest BCUT2D eigenvalue weighted by Crippen LogP contribution is -2.26. The summed E-state index contributed by atoms with van der Waals surface area (Å²) in [5.74, 6) is -1.05. The molecule has 1 unspecified atom stereocenters. The molecular formula is C10H18O3. The van der Waals surface area contributed by atoms with E-state index >= 15 is 0 Å². The number of hydrogen-bond acceptors (Lipinski definition) is 3. The van der Waals surface area contributed by atoms with E-state index in [9.17, 15) is 9.59 Å². The molecule has 0 aliphatic heterocycles. The molecule has 0 rings (SSSR count). The predicted molar refractivity (Wildman–Crippen MR) is 50.3 cm³/mol. The van der Waals surface area contributed by atoms with Gasteiger partial charge in [0.05, 0.1) is 6.10 Å². The molecular weight excluding hydrogens is 168 g/mol. The van der Waals surface area contributed by atoms with Crippen LogP contribution < -0.4 is 0 Å². The van der Waals surface area contributed by atoms with Crippen molar-refractivity contribution in [2.45, 2.75) is 46.6 Å². The second kappa shape index (κ2) is 5.73. The Bertz CT molecular complexity index is 185. The van der Waals surface area contributed by atoms with Gasteiger partial charge in [0.2, 0.25) is 0 Å². The van der Waals surface area contributed by atoms with Crippen LogP contribution in [0.15, 0.2) is 0 Å². The Hall–Kier alpha value is -0.860. The fourth-order valence-electron chi connectivity index (χ4n) is 1.09. The van der Waals surface area contributed by atoms with Gasteiger partial charge in [0.25, 0.3) is 0 Å². The number of esters is 1. The maximum atomic E-state index is 11.3. The zero-order valence-corrected chi connectivity index (χ0v) is 8.79. The van der Waals surface area contributed by atoms with E-state index in [0.717, 1.165) is 6.42 Å². The topological polar surface area (TPSA) is 43.4 Å². The second-order valence-electron chi connectivity index (χ2n) is 3.44. The molecule has 0 saturated carbocycles. The number of hydrogen-bond donors (Lipinski definition) is 0. The minimum absolute atomic E-state index is 0.104. The molecule has 76 valence electrons. The molecule has 0 aromatic carbocycles. The van der Waals surface area contributed by atoms with Crippen molar-refractivity contribution in [3.8, 4) is 0 Å². The third-order valence-corrected chi connectivity index (χ3v) is 1.70. The minimum atomic E-state index is -0.563. The minimum Gasteiger partial charge on any atom is -0.462 e. The van der Waals surface area contributed by atoms with Crippen molar-refractivity contribution in [1.29, 1.82) is 0 Å². The quantitative estimate of drug-likeness (QED) is 0.487. The van der Waals surface area contributed by atoms with Gasteiger partial charge in [0.15, 0.2) is 0 Å². The fraction of sp³-hybridized carbons (Fsp3) is 0.800. The van der Waals surface area contributed by atoms with Gasteiger partial charge in [-0.1, -0.05) is 13.3 Å². The number of carbonyl (C=O) groups is 2. The van der Waals surface area contributed by atoms with Crippen LogP contribution >= 0.6 is 0 Å². The van der Waals surface area contributed by atoms with E-state index in [1.807, 2.05) is 6.92 Å². The molecule has 0 aliphatic carbocycles. The highest BCUT2D eigenvalue weighted by Crippen LogP contribution is 2.11. The zero-order valence-electron chi connectivity index (χ0n) is 8.79. The lowest BCUT2D eigenvalue weighted by Gasteiger charge is -2.14. The van der Waals surface area contributed by atoms with Crippen LogP contribution in [0.25, 0.3) is 0 Å². The largest absolute Gasteiger partial charge is 0.462 e. The molecule has 0 aliphatic rings. The van der Waals surface area contributed by atoms with Crippen molar-refractivity contribution in [3.63, 3.8) is 0 Å². The van der Waals surface area contributed by atoms with Crippen molar-refractivity contribution in [3.05, 3.63) is 0 Å². The molecule has 0 amide bonds. The Kier molecular flexibility index (Phi) is 5.35. The van der Waals surface area contributed by atoms with Gasteiger partial charge in [0, 0.05) is 0 Å². The molecule has 0 saturated heterocycles. The Morgan fingerprint density at radius 1 is 1.31 bits per heavy atom. The summed E-state index contributed by atoms with van der Waals surface area (Å²) in [6.07, 6.45) is 1.25. The summed E-state index contributed by atoms with van der Waals surface area (Å²) < 4.78 is 4.97. The summed E-state index contributed by atoms with van der Waals surface area (Å²) >= 11 is 0. The number of rotatable bonds is 5. The monoisotopic (exact) mass is 186 g/mol. The molecule has 0 heterocycles. The van der Waals surface area contributed by atoms with Crippen molar-refractivity contribution < 1.29 is 14.3 Å². The maximum absolute atomic E-state index is 11.3. The van der Waals surface area contributed by atoms with Crippen molar-refractivity contribution in [2.75, 3.05) is 0 Å². The van der Waals surface area contributed by atoms with Crippen LogP contribution in [0.2, 0.25) is 0 Å². The highest BCUT2D eigenvalue weighted by Gasteiger charge is 2.24. The molecule has 3 nitrogen and oxygen atoms in total. The molecule has 0 aromatic heterocycles. The van der Waals surface area contributed by atoms with Crippen molar-refractivity contribution in [1.82, 2.24) is 0 Å². The first kappa shape index (κ1) is 12.1. The van der Waals surface area contributed by atoms with Crippen molar-refractivity contribution in [2.24, 2.45) is 5.92 Å². The first-order chi connectivity index (χ1) is 5.99. The number of ether oxygens (including phenoxy) is 1. The van der Waals surface area contributed by atoms with Crippen LogP contribution in [0.3, 0.4) is 0 Å². The number of ketones is 1. The van der Waals surface area contributed by atoms with E-state index in [4.69, 9.17) is 4.74 Å². The third kappa shape index (κ3) is 4.65. The molecule has 3 heteroatoms. The fourth-order valence-corrected chi connectivity index (χ4v) is 1.09. The molecule has 0 fully saturated rings. The first-order valence-electron chi connectivity index (χ1n) is 4.70. The van der Waals surface area contributed by atoms with E-state index in [1.54, 1.807) is 13.8 Å². The van der Waals surface area contributed by atoms with E-state index in [-0.39, 0.29) is 17.9 Å². The lowest BCUT2D eigenvalue weighted by molar-refractivity contribution is -0.155. The van der Waals surface area contributed by atoms with Gasteiger partial charge in [-0.15, -0.1) is 0 Å². The number of carbonyl (C=O) groups excluding carboxylic acids is 2. The molecule has 0 N–H and O–H groups in total. The lowest BCUT2D eigenvalue weighted by atomic mass is 10.00. The smallest absolute Gasteiger partial charge is 0.316 e. The van der Waals surface area contributed by atoms with Gasteiger partial charge >= 0.3 is 5.97 Å². The van der Waals surface area contributed by atoms with E-state index < -0.39 is 5.92 Å². The Morgan fingerprint density at radius 3 is 2.15 bits per heavy atom. The van der Waals surface area contributed by atoms with Crippen LogP contribution in [0, 0.1) is 5.92 Å². The molecule has 0 bridgehead atoms. The van der Waals surface area contributed by atoms with E-state index in [0.29, 0.717) is 6.42 Å². The summed E-state index contributed by atoms with van der Waals surface area (Å²) in [6.45, 7) is 6.93. The van der Waals surface area contributed by atoms with Gasteiger partial charge in [-0.05, 0) is 27.2 Å². The van der Waals surface area contributed by atoms with Crippen LogP contribution in [0.4, 0.5) is 0 Å². The second-order valence-corrected chi connectivity index (χ2v) is 3.44. The summed E-state index contributed by atoms with van der Waals surface area (Å²) in [5.41, 5.74) is 0. The summed E-state index contributed by atoms with van der Waals surface area (Å²) in [4.78, 5) is 22.4. The standard InChI is InChI=1S/C10H18O3/c1-5-6-9(8(4)11)10(12)13-7(2)3/h7,9H,5-6H2,1-4H3. The maximum Gasteiger partial charge on any atom is 0.316 e. The number of Topliss-reactive ketones (excluding diaryl/α,β-unsaturated/α-hetero) is 1. The summed E-state index contributed by atoms with van der Waals surface area (Å²) in [6, 6.07) is 0. The van der Waals surface area contributed by atoms with E-state index in [1.165, 1.54) is 6.92 Å². The van der Waals surface area contributed by atoms with Crippen molar-refractivity contribution >= 4 is 11.8 Å². The van der Waals surface area contributed by atoms with Crippen LogP contribution in [0.1, 0.15) is 40.5 Å². The molecule has 0 aromatic rings. The SMILES string of the molecule is CCCC(C(C)=O)C(=O)OC(C)C. The average Bonchev–Trinajstić information content (AvgIpc) is 1.97. The van der Waals surface area contributed by atoms with Gasteiger partial charge < -0.3 is 4.74 Å². The Balaban J connectivity index is 4.20. The first-order valence-corrected chi connectivity index (χ1v) is 4.70. The van der Waals surface area contributed by atoms with Crippen LogP contribution in [-0.4, -0.2) is 17.9 Å². The highest BCUT2D eigenvalue weighted by molar-refractivity contribution is 5.97. The van der Waals surface area contributed by atoms with Gasteiger partial charge in [-0.2, -0.15) is 0 Å². The zero-order chi connectivity index (χ0) is 10.4. The molecule has 13 heavy (non-hydrogen) atoms. The van der Waals surface area contributed by atoms with Gasteiger partial charge in [-0.25, -0.2) is 0 Å². The van der Waals surface area contributed by atoms with E-state index in [2.05, 4.69) is 0 Å². The molecule has 0 spiro atoms. The average molecular weight is 186 g/mol. The predicted octanol–water partition coefficient (Wildman–Crippen LogP) is 1.94. The normalized spacial score (nSPS) is 12.7. The molecule has 1 atom stereocenters. The van der Waals surface area contributed by atoms with Gasteiger partial charge in [0.1, 0.15) is 11.7 Å². The van der Waals surface area contributed by atoms with Gasteiger partial charge in [-0.3, -0.25) is 9.59 Å². The third-order valence-electron chi connectivity index (χ3n) is 1.70. The van der Waals surface area contributed by atoms with Crippen LogP contribution in [-0.2, 0) is 14.3 Å².